The second kappa shape index (κ2) is 9.65. The van der Waals surface area contributed by atoms with Gasteiger partial charge in [0.05, 0.1) is 17.7 Å². The zero-order valence-electron chi connectivity index (χ0n) is 20.8. The van der Waals surface area contributed by atoms with E-state index in [0.717, 1.165) is 42.6 Å². The topological polar surface area (TPSA) is 66.8 Å². The molecular formula is C29H35NO4. The van der Waals surface area contributed by atoms with E-state index in [0.29, 0.717) is 11.5 Å². The number of hydrogen-bond acceptors (Lipinski definition) is 4. The van der Waals surface area contributed by atoms with E-state index >= 15 is 0 Å². The average Bonchev–Trinajstić information content (AvgIpc) is 3.41. The van der Waals surface area contributed by atoms with Gasteiger partial charge in [-0.15, -0.1) is 0 Å². The number of ketones is 1. The number of carbonyl (C=O) groups is 2. The highest BCUT2D eigenvalue weighted by molar-refractivity contribution is 6.46. The van der Waals surface area contributed by atoms with Gasteiger partial charge in [0.1, 0.15) is 11.5 Å². The predicted octanol–water partition coefficient (Wildman–Crippen LogP) is 6.27. The van der Waals surface area contributed by atoms with Crippen LogP contribution in [0.15, 0.2) is 48.0 Å². The first-order valence-electron chi connectivity index (χ1n) is 12.4. The Kier molecular flexibility index (Phi) is 6.83. The molecule has 1 saturated carbocycles. The van der Waals surface area contributed by atoms with Crippen LogP contribution in [0, 0.1) is 6.92 Å². The molecule has 1 amide bonds. The normalized spacial score (nSPS) is 20.7. The van der Waals surface area contributed by atoms with Crippen molar-refractivity contribution in [1.29, 1.82) is 0 Å². The van der Waals surface area contributed by atoms with Crippen molar-refractivity contribution in [2.45, 2.75) is 84.4 Å². The highest BCUT2D eigenvalue weighted by atomic mass is 16.5. The van der Waals surface area contributed by atoms with Crippen LogP contribution in [0.2, 0.25) is 0 Å². The molecule has 1 N–H and O–H groups in total. The first kappa shape index (κ1) is 24.1. The lowest BCUT2D eigenvalue weighted by molar-refractivity contribution is -0.141. The standard InChI is InChI=1S/C29H35NO4/c1-17(2)20-10-12-21(13-11-20)26-25(28(32)29(33)30(26)23-8-6-7-9-23)27(31)22-14-15-24(19(5)16-22)34-18(3)4/h10-18,23,26,31H,6-9H2,1-5H3/b27-25-. The second-order valence-corrected chi connectivity index (χ2v) is 10.1. The minimum absolute atomic E-state index is 0.0140. The lowest BCUT2D eigenvalue weighted by atomic mass is 9.92. The van der Waals surface area contributed by atoms with E-state index in [1.165, 1.54) is 5.56 Å². The highest BCUT2D eigenvalue weighted by Crippen LogP contribution is 2.43. The molecule has 0 bridgehead atoms. The van der Waals surface area contributed by atoms with Gasteiger partial charge in [0.2, 0.25) is 0 Å². The van der Waals surface area contributed by atoms with Crippen molar-refractivity contribution >= 4 is 17.4 Å². The predicted molar refractivity (Wildman–Crippen MR) is 134 cm³/mol. The summed E-state index contributed by atoms with van der Waals surface area (Å²) in [4.78, 5) is 28.3. The molecule has 1 saturated heterocycles. The summed E-state index contributed by atoms with van der Waals surface area (Å²) in [6.45, 7) is 10.1. The number of aryl methyl sites for hydroxylation is 1. The Morgan fingerprint density at radius 2 is 1.65 bits per heavy atom. The molecule has 1 unspecified atom stereocenters. The van der Waals surface area contributed by atoms with E-state index in [2.05, 4.69) is 26.0 Å². The maximum Gasteiger partial charge on any atom is 0.295 e. The van der Waals surface area contributed by atoms with E-state index in [1.807, 2.05) is 45.0 Å². The van der Waals surface area contributed by atoms with Gasteiger partial charge in [-0.1, -0.05) is 51.0 Å². The molecule has 0 aromatic heterocycles. The number of Topliss-reactive ketones (excluding diaryl/α,β-unsaturated/α-hetero) is 1. The summed E-state index contributed by atoms with van der Waals surface area (Å²) in [6.07, 6.45) is 3.89. The maximum absolute atomic E-state index is 13.3. The number of aliphatic hydroxyl groups excluding tert-OH is 1. The van der Waals surface area contributed by atoms with Crippen molar-refractivity contribution in [2.75, 3.05) is 0 Å². The van der Waals surface area contributed by atoms with E-state index in [4.69, 9.17) is 4.74 Å². The largest absolute Gasteiger partial charge is 0.507 e. The van der Waals surface area contributed by atoms with Gasteiger partial charge in [0.25, 0.3) is 11.7 Å². The molecular weight excluding hydrogens is 426 g/mol. The van der Waals surface area contributed by atoms with Gasteiger partial charge in [0.15, 0.2) is 0 Å². The van der Waals surface area contributed by atoms with Crippen molar-refractivity contribution in [3.8, 4) is 5.75 Å². The van der Waals surface area contributed by atoms with Crippen LogP contribution in [0.5, 0.6) is 5.75 Å². The molecule has 34 heavy (non-hydrogen) atoms. The summed E-state index contributed by atoms with van der Waals surface area (Å²) in [5, 5.41) is 11.4. The molecule has 1 heterocycles. The number of aliphatic hydroxyl groups is 1. The number of amides is 1. The molecule has 2 fully saturated rings. The molecule has 1 aliphatic carbocycles. The number of likely N-dealkylation sites (tertiary alicyclic amines) is 1. The zero-order valence-corrected chi connectivity index (χ0v) is 20.8. The van der Waals surface area contributed by atoms with Gasteiger partial charge >= 0.3 is 0 Å². The SMILES string of the molecule is Cc1cc(/C(O)=C2/C(=O)C(=O)N(C3CCCC3)C2c2ccc(C(C)C)cc2)ccc1OC(C)C. The third kappa shape index (κ3) is 4.48. The smallest absolute Gasteiger partial charge is 0.295 e. The number of rotatable bonds is 6. The Hall–Kier alpha value is -3.08. The Labute approximate surface area is 202 Å². The molecule has 2 aromatic rings. The van der Waals surface area contributed by atoms with Crippen LogP contribution in [0.4, 0.5) is 0 Å². The van der Waals surface area contributed by atoms with Crippen molar-refractivity contribution in [3.05, 3.63) is 70.3 Å². The lowest BCUT2D eigenvalue weighted by Crippen LogP contribution is -2.37. The Morgan fingerprint density at radius 1 is 1.00 bits per heavy atom. The number of carbonyl (C=O) groups excluding carboxylic acids is 2. The van der Waals surface area contributed by atoms with E-state index < -0.39 is 17.7 Å². The van der Waals surface area contributed by atoms with E-state index in [9.17, 15) is 14.7 Å². The first-order chi connectivity index (χ1) is 16.2. The summed E-state index contributed by atoms with van der Waals surface area (Å²) in [5.74, 6) is -0.134. The van der Waals surface area contributed by atoms with Gasteiger partial charge < -0.3 is 14.7 Å². The molecule has 0 spiro atoms. The Morgan fingerprint density at radius 3 is 2.21 bits per heavy atom. The maximum atomic E-state index is 13.3. The van der Waals surface area contributed by atoms with Crippen molar-refractivity contribution < 1.29 is 19.4 Å². The number of nitrogens with zero attached hydrogens (tertiary/aromatic N) is 1. The molecule has 4 rings (SSSR count). The van der Waals surface area contributed by atoms with Crippen LogP contribution in [0.1, 0.15) is 87.6 Å². The van der Waals surface area contributed by atoms with Crippen LogP contribution in [-0.4, -0.2) is 33.8 Å². The number of ether oxygens (including phenoxy) is 1. The third-order valence-electron chi connectivity index (χ3n) is 6.93. The lowest BCUT2D eigenvalue weighted by Gasteiger charge is -2.31. The Balaban J connectivity index is 1.82. The average molecular weight is 462 g/mol. The van der Waals surface area contributed by atoms with Crippen molar-refractivity contribution in [3.63, 3.8) is 0 Å². The zero-order chi connectivity index (χ0) is 24.6. The van der Waals surface area contributed by atoms with Crippen LogP contribution >= 0.6 is 0 Å². The molecule has 0 radical (unpaired) electrons. The highest BCUT2D eigenvalue weighted by Gasteiger charge is 2.49. The number of benzene rings is 2. The molecule has 1 aliphatic heterocycles. The van der Waals surface area contributed by atoms with Gasteiger partial charge in [-0.25, -0.2) is 0 Å². The van der Waals surface area contributed by atoms with Crippen LogP contribution in [0.25, 0.3) is 5.76 Å². The molecule has 5 heteroatoms. The second-order valence-electron chi connectivity index (χ2n) is 10.1. The fourth-order valence-electron chi connectivity index (χ4n) is 5.14. The van der Waals surface area contributed by atoms with Gasteiger partial charge in [-0.2, -0.15) is 0 Å². The van der Waals surface area contributed by atoms with Crippen LogP contribution in [0.3, 0.4) is 0 Å². The molecule has 2 aliphatic rings. The van der Waals surface area contributed by atoms with Gasteiger partial charge in [-0.3, -0.25) is 9.59 Å². The van der Waals surface area contributed by atoms with Crippen LogP contribution < -0.4 is 4.74 Å². The summed E-state index contributed by atoms with van der Waals surface area (Å²) < 4.78 is 5.82. The summed E-state index contributed by atoms with van der Waals surface area (Å²) in [5.41, 5.74) is 3.60. The summed E-state index contributed by atoms with van der Waals surface area (Å²) in [6, 6.07) is 12.9. The first-order valence-corrected chi connectivity index (χ1v) is 12.4. The van der Waals surface area contributed by atoms with Crippen molar-refractivity contribution in [2.24, 2.45) is 0 Å². The molecule has 180 valence electrons. The van der Waals surface area contributed by atoms with Crippen molar-refractivity contribution in [1.82, 2.24) is 4.90 Å². The quantitative estimate of drug-likeness (QED) is 0.313. The van der Waals surface area contributed by atoms with Crippen LogP contribution in [-0.2, 0) is 9.59 Å². The fraction of sp³-hybridized carbons (Fsp3) is 0.448. The van der Waals surface area contributed by atoms with Gasteiger partial charge in [-0.05, 0) is 74.4 Å². The summed E-state index contributed by atoms with van der Waals surface area (Å²) >= 11 is 0. The Bertz CT molecular complexity index is 1110. The molecule has 2 aromatic carbocycles. The minimum atomic E-state index is -0.609. The van der Waals surface area contributed by atoms with E-state index in [-0.39, 0.29) is 23.5 Å². The number of hydrogen-bond donors (Lipinski definition) is 1. The third-order valence-corrected chi connectivity index (χ3v) is 6.93. The monoisotopic (exact) mass is 461 g/mol. The molecule has 1 atom stereocenters. The summed E-state index contributed by atoms with van der Waals surface area (Å²) in [7, 11) is 0. The molecule has 5 nitrogen and oxygen atoms in total. The fourth-order valence-corrected chi connectivity index (χ4v) is 5.14. The van der Waals surface area contributed by atoms with Gasteiger partial charge in [0, 0.05) is 11.6 Å². The minimum Gasteiger partial charge on any atom is -0.507 e. The van der Waals surface area contributed by atoms with E-state index in [1.54, 1.807) is 11.0 Å².